The average molecular weight is 248 g/mol. The second-order valence-corrected chi connectivity index (χ2v) is 4.60. The van der Waals surface area contributed by atoms with Crippen molar-refractivity contribution in [3.63, 3.8) is 0 Å². The van der Waals surface area contributed by atoms with Gasteiger partial charge in [-0.25, -0.2) is 0 Å². The number of ketones is 1. The van der Waals surface area contributed by atoms with Gasteiger partial charge < -0.3 is 9.52 Å². The van der Waals surface area contributed by atoms with Crippen molar-refractivity contribution in [1.29, 1.82) is 0 Å². The van der Waals surface area contributed by atoms with Gasteiger partial charge in [0.25, 0.3) is 0 Å². The van der Waals surface area contributed by atoms with Gasteiger partial charge in [-0.3, -0.25) is 4.79 Å². The number of phenolic OH excluding ortho intramolecular Hbond substituents is 1. The van der Waals surface area contributed by atoms with Crippen molar-refractivity contribution < 1.29 is 14.3 Å². The first-order valence-electron chi connectivity index (χ1n) is 5.28. The summed E-state index contributed by atoms with van der Waals surface area (Å²) < 4.78 is 5.19. The molecule has 0 spiro atoms. The zero-order valence-corrected chi connectivity index (χ0v) is 10.2. The third-order valence-corrected chi connectivity index (χ3v) is 3.32. The molecule has 0 atom stereocenters. The summed E-state index contributed by atoms with van der Waals surface area (Å²) >= 11 is 1.45. The molecule has 1 aromatic heterocycles. The fraction of sp³-hybridized carbons (Fsp3) is 0.154. The van der Waals surface area contributed by atoms with Crippen LogP contribution in [-0.4, -0.2) is 10.9 Å². The highest BCUT2D eigenvalue weighted by Gasteiger charge is 2.14. The van der Waals surface area contributed by atoms with E-state index in [0.29, 0.717) is 12.2 Å². The van der Waals surface area contributed by atoms with Gasteiger partial charge in [0.05, 0.1) is 11.2 Å². The minimum atomic E-state index is -0.00345. The maximum absolute atomic E-state index is 11.6. The molecule has 0 bridgehead atoms. The minimum absolute atomic E-state index is 0.00345. The second-order valence-electron chi connectivity index (χ2n) is 3.49. The Kier molecular flexibility index (Phi) is 3.54. The van der Waals surface area contributed by atoms with Crippen LogP contribution in [-0.2, 0) is 0 Å². The van der Waals surface area contributed by atoms with E-state index in [1.165, 1.54) is 18.0 Å². The Balaban J connectivity index is 2.21. The maximum Gasteiger partial charge on any atom is 0.198 e. The van der Waals surface area contributed by atoms with E-state index >= 15 is 0 Å². The fourth-order valence-electron chi connectivity index (χ4n) is 1.38. The van der Waals surface area contributed by atoms with E-state index in [0.717, 1.165) is 9.79 Å². The largest absolute Gasteiger partial charge is 0.508 e. The summed E-state index contributed by atoms with van der Waals surface area (Å²) in [5.41, 5.74) is 0. The minimum Gasteiger partial charge on any atom is -0.508 e. The monoisotopic (exact) mass is 248 g/mol. The molecule has 2 rings (SSSR count). The van der Waals surface area contributed by atoms with Crippen molar-refractivity contribution in [3.8, 4) is 5.75 Å². The van der Waals surface area contributed by atoms with E-state index < -0.39 is 0 Å². The number of carbonyl (C=O) groups is 1. The number of benzene rings is 1. The van der Waals surface area contributed by atoms with Crippen molar-refractivity contribution in [2.75, 3.05) is 0 Å². The number of carbonyl (C=O) groups excluding carboxylic acids is 1. The molecule has 2 aromatic rings. The van der Waals surface area contributed by atoms with Gasteiger partial charge in [0.15, 0.2) is 11.5 Å². The van der Waals surface area contributed by atoms with Crippen molar-refractivity contribution in [2.45, 2.75) is 23.1 Å². The molecule has 0 unspecified atom stereocenters. The van der Waals surface area contributed by atoms with Crippen LogP contribution in [0.25, 0.3) is 0 Å². The van der Waals surface area contributed by atoms with Gasteiger partial charge in [-0.1, -0.05) is 18.7 Å². The number of hydrogen-bond donors (Lipinski definition) is 1. The molecule has 0 saturated heterocycles. The highest BCUT2D eigenvalue weighted by Crippen LogP contribution is 2.32. The van der Waals surface area contributed by atoms with Crippen molar-refractivity contribution in [2.24, 2.45) is 0 Å². The third kappa shape index (κ3) is 2.71. The lowest BCUT2D eigenvalue weighted by molar-refractivity contribution is 0.0957. The Morgan fingerprint density at radius 1 is 1.29 bits per heavy atom. The summed E-state index contributed by atoms with van der Waals surface area (Å²) in [5.74, 6) is 0.633. The van der Waals surface area contributed by atoms with Crippen LogP contribution in [0.3, 0.4) is 0 Å². The lowest BCUT2D eigenvalue weighted by Crippen LogP contribution is -1.95. The molecule has 1 aromatic carbocycles. The van der Waals surface area contributed by atoms with Gasteiger partial charge in [-0.2, -0.15) is 0 Å². The number of Topliss-reactive ketones (excluding diaryl/α,β-unsaturated/α-hetero) is 1. The summed E-state index contributed by atoms with van der Waals surface area (Å²) in [6, 6.07) is 8.61. The van der Waals surface area contributed by atoms with Gasteiger partial charge in [0, 0.05) is 11.3 Å². The van der Waals surface area contributed by atoms with Gasteiger partial charge >= 0.3 is 0 Å². The predicted octanol–water partition coefficient (Wildman–Crippen LogP) is 3.73. The van der Waals surface area contributed by atoms with Gasteiger partial charge in [0.1, 0.15) is 5.75 Å². The molecule has 0 fully saturated rings. The Bertz CT molecular complexity index is 514. The van der Waals surface area contributed by atoms with E-state index in [1.54, 1.807) is 37.3 Å². The molecule has 0 saturated carbocycles. The van der Waals surface area contributed by atoms with Crippen LogP contribution < -0.4 is 0 Å². The first kappa shape index (κ1) is 11.8. The second kappa shape index (κ2) is 5.10. The molecule has 4 heteroatoms. The lowest BCUT2D eigenvalue weighted by atomic mass is 10.2. The molecule has 1 N–H and O–H groups in total. The number of aromatic hydroxyl groups is 1. The molecule has 0 aliphatic heterocycles. The van der Waals surface area contributed by atoms with Crippen LogP contribution in [0, 0.1) is 0 Å². The van der Waals surface area contributed by atoms with E-state index in [4.69, 9.17) is 4.42 Å². The summed E-state index contributed by atoms with van der Waals surface area (Å²) in [4.78, 5) is 13.4. The molecule has 0 radical (unpaired) electrons. The van der Waals surface area contributed by atoms with E-state index in [-0.39, 0.29) is 11.5 Å². The molecule has 3 nitrogen and oxygen atoms in total. The smallest absolute Gasteiger partial charge is 0.198 e. The van der Waals surface area contributed by atoms with Gasteiger partial charge in [-0.05, 0) is 30.3 Å². The average Bonchev–Trinajstić information content (AvgIpc) is 2.79. The zero-order valence-electron chi connectivity index (χ0n) is 9.34. The van der Waals surface area contributed by atoms with Crippen LogP contribution in [0.5, 0.6) is 5.75 Å². The molecular weight excluding hydrogens is 236 g/mol. The summed E-state index contributed by atoms with van der Waals surface area (Å²) in [7, 11) is 0. The molecule has 88 valence electrons. The SMILES string of the molecule is CCC(=O)c1occc1Sc1ccc(O)cc1. The molecule has 1 heterocycles. The van der Waals surface area contributed by atoms with Crippen LogP contribution in [0.15, 0.2) is 50.8 Å². The van der Waals surface area contributed by atoms with Crippen molar-refractivity contribution >= 4 is 17.5 Å². The normalized spacial score (nSPS) is 10.4. The quantitative estimate of drug-likeness (QED) is 0.837. The molecule has 0 aliphatic carbocycles. The van der Waals surface area contributed by atoms with Gasteiger partial charge in [-0.15, -0.1) is 0 Å². The van der Waals surface area contributed by atoms with Crippen molar-refractivity contribution in [1.82, 2.24) is 0 Å². The Labute approximate surface area is 103 Å². The number of furan rings is 1. The molecule has 17 heavy (non-hydrogen) atoms. The van der Waals surface area contributed by atoms with Crippen LogP contribution in [0.2, 0.25) is 0 Å². The predicted molar refractivity (Wildman–Crippen MR) is 65.6 cm³/mol. The van der Waals surface area contributed by atoms with Crippen LogP contribution >= 0.6 is 11.8 Å². The summed E-state index contributed by atoms with van der Waals surface area (Å²) in [5, 5.41) is 9.18. The van der Waals surface area contributed by atoms with E-state index in [1.807, 2.05) is 0 Å². The van der Waals surface area contributed by atoms with E-state index in [2.05, 4.69) is 0 Å². The lowest BCUT2D eigenvalue weighted by Gasteiger charge is -2.01. The fourth-order valence-corrected chi connectivity index (χ4v) is 2.29. The highest BCUT2D eigenvalue weighted by atomic mass is 32.2. The Morgan fingerprint density at radius 3 is 2.65 bits per heavy atom. The molecule has 0 aliphatic rings. The van der Waals surface area contributed by atoms with Gasteiger partial charge in [0.2, 0.25) is 0 Å². The van der Waals surface area contributed by atoms with Crippen LogP contribution in [0.1, 0.15) is 23.9 Å². The maximum atomic E-state index is 11.6. The van der Waals surface area contributed by atoms with E-state index in [9.17, 15) is 9.90 Å². The third-order valence-electron chi connectivity index (χ3n) is 2.27. The summed E-state index contributed by atoms with van der Waals surface area (Å²) in [6.07, 6.45) is 1.95. The van der Waals surface area contributed by atoms with Crippen molar-refractivity contribution in [3.05, 3.63) is 42.4 Å². The Morgan fingerprint density at radius 2 is 2.00 bits per heavy atom. The topological polar surface area (TPSA) is 50.4 Å². The molecule has 0 amide bonds. The standard InChI is InChI=1S/C13H12O3S/c1-2-11(15)13-12(7-8-16-13)17-10-5-3-9(14)4-6-10/h3-8,14H,2H2,1H3. The first-order chi connectivity index (χ1) is 8.20. The first-order valence-corrected chi connectivity index (χ1v) is 6.10. The highest BCUT2D eigenvalue weighted by molar-refractivity contribution is 7.99. The zero-order chi connectivity index (χ0) is 12.3. The molecular formula is C13H12O3S. The number of phenols is 1. The van der Waals surface area contributed by atoms with Crippen LogP contribution in [0.4, 0.5) is 0 Å². The number of rotatable bonds is 4. The Hall–Kier alpha value is -1.68. The summed E-state index contributed by atoms with van der Waals surface area (Å²) in [6.45, 7) is 1.81. The number of hydrogen-bond acceptors (Lipinski definition) is 4.